The molecule has 2 aromatic carbocycles. The third-order valence-corrected chi connectivity index (χ3v) is 3.47. The zero-order chi connectivity index (χ0) is 15.2. The molecule has 0 aromatic heterocycles. The van der Waals surface area contributed by atoms with E-state index in [0.717, 1.165) is 41.4 Å². The highest BCUT2D eigenvalue weighted by atomic mass is 16.5. The Balaban J connectivity index is 1.95. The highest BCUT2D eigenvalue weighted by Crippen LogP contribution is 2.27. The van der Waals surface area contributed by atoms with Gasteiger partial charge in [-0.3, -0.25) is 0 Å². The number of hydrogen-bond acceptors (Lipinski definition) is 4. The number of rotatable bonds is 6. The number of nitrogens with two attached hydrogens (primary N) is 1. The molecule has 4 nitrogen and oxygen atoms in total. The van der Waals surface area contributed by atoms with E-state index in [0.29, 0.717) is 0 Å². The fraction of sp³-hybridized carbons (Fsp3) is 0.294. The van der Waals surface area contributed by atoms with E-state index < -0.39 is 0 Å². The van der Waals surface area contributed by atoms with Crippen molar-refractivity contribution in [2.24, 2.45) is 0 Å². The number of hydrogen-bond donors (Lipinski definition) is 2. The molecular formula is C17H22N2O2. The largest absolute Gasteiger partial charge is 0.493 e. The number of methoxy groups -OCH3 is 2. The fourth-order valence-corrected chi connectivity index (χ4v) is 2.14. The molecule has 0 fully saturated rings. The first-order valence-corrected chi connectivity index (χ1v) is 6.95. The maximum absolute atomic E-state index is 5.90. The second kappa shape index (κ2) is 6.88. The summed E-state index contributed by atoms with van der Waals surface area (Å²) >= 11 is 0. The van der Waals surface area contributed by atoms with Crippen molar-refractivity contribution in [1.82, 2.24) is 0 Å². The van der Waals surface area contributed by atoms with Gasteiger partial charge in [-0.1, -0.05) is 12.1 Å². The van der Waals surface area contributed by atoms with Crippen LogP contribution in [0, 0.1) is 6.92 Å². The molecule has 0 unspecified atom stereocenters. The molecule has 4 heteroatoms. The molecule has 0 saturated carbocycles. The molecule has 2 rings (SSSR count). The predicted octanol–water partition coefficient (Wildman–Crippen LogP) is 3.25. The summed E-state index contributed by atoms with van der Waals surface area (Å²) in [6, 6.07) is 12.0. The zero-order valence-electron chi connectivity index (χ0n) is 12.8. The van der Waals surface area contributed by atoms with Gasteiger partial charge in [0.1, 0.15) is 0 Å². The molecule has 112 valence electrons. The van der Waals surface area contributed by atoms with Crippen LogP contribution in [-0.4, -0.2) is 20.8 Å². The lowest BCUT2D eigenvalue weighted by Crippen LogP contribution is -2.05. The van der Waals surface area contributed by atoms with E-state index in [9.17, 15) is 0 Å². The third-order valence-electron chi connectivity index (χ3n) is 3.47. The minimum Gasteiger partial charge on any atom is -0.493 e. The molecule has 0 aliphatic rings. The lowest BCUT2D eigenvalue weighted by atomic mass is 10.1. The zero-order valence-corrected chi connectivity index (χ0v) is 12.8. The molecule has 0 bridgehead atoms. The second-order valence-corrected chi connectivity index (χ2v) is 4.94. The summed E-state index contributed by atoms with van der Waals surface area (Å²) < 4.78 is 10.5. The van der Waals surface area contributed by atoms with E-state index in [1.165, 1.54) is 5.56 Å². The van der Waals surface area contributed by atoms with Gasteiger partial charge in [0.15, 0.2) is 11.5 Å². The Bertz CT molecular complexity index is 612. The number of nitrogens with one attached hydrogen (secondary N) is 1. The quantitative estimate of drug-likeness (QED) is 0.800. The Kier molecular flexibility index (Phi) is 4.93. The van der Waals surface area contributed by atoms with Crippen molar-refractivity contribution in [3.8, 4) is 11.5 Å². The summed E-state index contributed by atoms with van der Waals surface area (Å²) in [5.74, 6) is 1.51. The van der Waals surface area contributed by atoms with Gasteiger partial charge in [-0.25, -0.2) is 0 Å². The van der Waals surface area contributed by atoms with Crippen molar-refractivity contribution in [1.29, 1.82) is 0 Å². The van der Waals surface area contributed by atoms with Gasteiger partial charge in [-0.15, -0.1) is 0 Å². The third kappa shape index (κ3) is 3.81. The van der Waals surface area contributed by atoms with Gasteiger partial charge in [0, 0.05) is 17.9 Å². The van der Waals surface area contributed by atoms with Crippen molar-refractivity contribution < 1.29 is 9.47 Å². The summed E-state index contributed by atoms with van der Waals surface area (Å²) in [4.78, 5) is 0. The first kappa shape index (κ1) is 15.0. The lowest BCUT2D eigenvalue weighted by Gasteiger charge is -2.11. The maximum Gasteiger partial charge on any atom is 0.160 e. The van der Waals surface area contributed by atoms with Crippen molar-refractivity contribution in [2.45, 2.75) is 13.3 Å². The average Bonchev–Trinajstić information content (AvgIpc) is 2.50. The van der Waals surface area contributed by atoms with Crippen LogP contribution >= 0.6 is 0 Å². The SMILES string of the molecule is COc1ccc(CCNc2ccc(C)c(N)c2)cc1OC. The molecule has 0 amide bonds. The van der Waals surface area contributed by atoms with E-state index in [2.05, 4.69) is 5.32 Å². The van der Waals surface area contributed by atoms with Crippen LogP contribution in [0.1, 0.15) is 11.1 Å². The van der Waals surface area contributed by atoms with E-state index in [4.69, 9.17) is 15.2 Å². The molecular weight excluding hydrogens is 264 g/mol. The average molecular weight is 286 g/mol. The first-order valence-electron chi connectivity index (χ1n) is 6.95. The van der Waals surface area contributed by atoms with Gasteiger partial charge in [-0.05, 0) is 48.7 Å². The van der Waals surface area contributed by atoms with Crippen LogP contribution in [0.15, 0.2) is 36.4 Å². The molecule has 2 aromatic rings. The predicted molar refractivity (Wildman–Crippen MR) is 87.3 cm³/mol. The number of aryl methyl sites for hydroxylation is 1. The number of ether oxygens (including phenoxy) is 2. The summed E-state index contributed by atoms with van der Waals surface area (Å²) in [5.41, 5.74) is 10.0. The van der Waals surface area contributed by atoms with Crippen LogP contribution in [0.4, 0.5) is 11.4 Å². The maximum atomic E-state index is 5.90. The Morgan fingerprint density at radius 1 is 1.00 bits per heavy atom. The van der Waals surface area contributed by atoms with Crippen molar-refractivity contribution in [2.75, 3.05) is 31.8 Å². The van der Waals surface area contributed by atoms with Crippen LogP contribution in [0.3, 0.4) is 0 Å². The first-order chi connectivity index (χ1) is 10.1. The van der Waals surface area contributed by atoms with E-state index in [1.807, 2.05) is 43.3 Å². The summed E-state index contributed by atoms with van der Waals surface area (Å²) in [7, 11) is 3.29. The monoisotopic (exact) mass is 286 g/mol. The molecule has 0 aliphatic carbocycles. The van der Waals surface area contributed by atoms with E-state index >= 15 is 0 Å². The molecule has 21 heavy (non-hydrogen) atoms. The standard InChI is InChI=1S/C17H22N2O2/c1-12-4-6-14(11-15(12)18)19-9-8-13-5-7-16(20-2)17(10-13)21-3/h4-7,10-11,19H,8-9,18H2,1-3H3. The van der Waals surface area contributed by atoms with Crippen LogP contribution in [-0.2, 0) is 6.42 Å². The molecule has 0 spiro atoms. The van der Waals surface area contributed by atoms with Crippen LogP contribution in [0.25, 0.3) is 0 Å². The Labute approximate surface area is 125 Å². The van der Waals surface area contributed by atoms with Crippen LogP contribution < -0.4 is 20.5 Å². The number of nitrogen functional groups attached to an aromatic ring is 1. The topological polar surface area (TPSA) is 56.5 Å². The number of benzene rings is 2. The second-order valence-electron chi connectivity index (χ2n) is 4.94. The molecule has 0 saturated heterocycles. The van der Waals surface area contributed by atoms with Gasteiger partial charge < -0.3 is 20.5 Å². The number of anilines is 2. The molecule has 0 heterocycles. The summed E-state index contributed by atoms with van der Waals surface area (Å²) in [6.07, 6.45) is 0.897. The van der Waals surface area contributed by atoms with Gasteiger partial charge in [0.05, 0.1) is 14.2 Å². The fourth-order valence-electron chi connectivity index (χ4n) is 2.14. The van der Waals surface area contributed by atoms with Gasteiger partial charge in [0.25, 0.3) is 0 Å². The smallest absolute Gasteiger partial charge is 0.160 e. The van der Waals surface area contributed by atoms with E-state index in [-0.39, 0.29) is 0 Å². The Hall–Kier alpha value is -2.36. The Morgan fingerprint density at radius 2 is 1.76 bits per heavy atom. The van der Waals surface area contributed by atoms with Crippen LogP contribution in [0.5, 0.6) is 11.5 Å². The van der Waals surface area contributed by atoms with Crippen molar-refractivity contribution in [3.05, 3.63) is 47.5 Å². The van der Waals surface area contributed by atoms with Gasteiger partial charge in [-0.2, -0.15) is 0 Å². The van der Waals surface area contributed by atoms with E-state index in [1.54, 1.807) is 14.2 Å². The molecule has 0 aliphatic heterocycles. The summed E-state index contributed by atoms with van der Waals surface area (Å²) in [5, 5.41) is 3.38. The summed E-state index contributed by atoms with van der Waals surface area (Å²) in [6.45, 7) is 2.83. The Morgan fingerprint density at radius 3 is 2.43 bits per heavy atom. The molecule has 0 atom stereocenters. The minimum absolute atomic E-state index is 0.750. The van der Waals surface area contributed by atoms with Crippen molar-refractivity contribution >= 4 is 11.4 Å². The highest BCUT2D eigenvalue weighted by Gasteiger charge is 2.04. The lowest BCUT2D eigenvalue weighted by molar-refractivity contribution is 0.354. The highest BCUT2D eigenvalue weighted by molar-refractivity contribution is 5.58. The van der Waals surface area contributed by atoms with Gasteiger partial charge in [0.2, 0.25) is 0 Å². The normalized spacial score (nSPS) is 10.2. The van der Waals surface area contributed by atoms with Crippen LogP contribution in [0.2, 0.25) is 0 Å². The molecule has 3 N–H and O–H groups in total. The molecule has 0 radical (unpaired) electrons. The van der Waals surface area contributed by atoms with Crippen molar-refractivity contribution in [3.63, 3.8) is 0 Å². The van der Waals surface area contributed by atoms with Gasteiger partial charge >= 0.3 is 0 Å². The minimum atomic E-state index is 0.750.